The number of amides is 1. The van der Waals surface area contributed by atoms with Gasteiger partial charge in [-0.2, -0.15) is 0 Å². The number of nitrogens with zero attached hydrogens (tertiary/aromatic N) is 2. The number of anilines is 1. The summed E-state index contributed by atoms with van der Waals surface area (Å²) in [6, 6.07) is 12.8. The molecule has 0 radical (unpaired) electrons. The van der Waals surface area contributed by atoms with Gasteiger partial charge in [0, 0.05) is 54.6 Å². The molecule has 0 spiro atoms. The molecule has 0 bridgehead atoms. The number of piperazine rings is 1. The summed E-state index contributed by atoms with van der Waals surface area (Å²) < 4.78 is 5.41. The van der Waals surface area contributed by atoms with Crippen LogP contribution in [0.25, 0.3) is 0 Å². The Bertz CT molecular complexity index is 758. The molecule has 132 valence electrons. The Balaban J connectivity index is 1.61. The lowest BCUT2D eigenvalue weighted by molar-refractivity contribution is 0.0627. The monoisotopic (exact) mass is 359 g/mol. The Morgan fingerprint density at radius 3 is 2.60 bits per heavy atom. The number of rotatable bonds is 4. The molecule has 25 heavy (non-hydrogen) atoms. The Hall–Kier alpha value is -2.24. The van der Waals surface area contributed by atoms with Crippen molar-refractivity contribution in [3.05, 3.63) is 58.6 Å². The van der Waals surface area contributed by atoms with Crippen molar-refractivity contribution in [1.82, 2.24) is 9.80 Å². The molecule has 1 heterocycles. The lowest BCUT2D eigenvalue weighted by atomic mass is 10.1. The fourth-order valence-electron chi connectivity index (χ4n) is 3.07. The molecule has 0 unspecified atom stereocenters. The van der Waals surface area contributed by atoms with Crippen molar-refractivity contribution in [2.75, 3.05) is 39.0 Å². The summed E-state index contributed by atoms with van der Waals surface area (Å²) in [6.45, 7) is 3.75. The van der Waals surface area contributed by atoms with E-state index in [1.807, 2.05) is 35.2 Å². The molecule has 0 aromatic heterocycles. The van der Waals surface area contributed by atoms with E-state index in [2.05, 4.69) is 4.90 Å². The molecule has 6 heteroatoms. The number of methoxy groups -OCH3 is 1. The standard InChI is InChI=1S/C19H22ClN3O2/c1-25-18-6-5-16(20)11-15(18)13-22-7-9-23(10-8-22)19(24)14-3-2-4-17(21)12-14/h2-6,11-12H,7-10,13,21H2,1H3. The Morgan fingerprint density at radius 2 is 1.92 bits per heavy atom. The quantitative estimate of drug-likeness (QED) is 0.853. The zero-order valence-electron chi connectivity index (χ0n) is 14.2. The topological polar surface area (TPSA) is 58.8 Å². The largest absolute Gasteiger partial charge is 0.496 e. The molecule has 2 aromatic rings. The molecule has 2 N–H and O–H groups in total. The van der Waals surface area contributed by atoms with E-state index in [4.69, 9.17) is 22.1 Å². The normalized spacial score (nSPS) is 15.2. The van der Waals surface area contributed by atoms with Gasteiger partial charge in [0.25, 0.3) is 5.91 Å². The van der Waals surface area contributed by atoms with Gasteiger partial charge in [0.1, 0.15) is 5.75 Å². The van der Waals surface area contributed by atoms with Crippen molar-refractivity contribution in [3.8, 4) is 5.75 Å². The fourth-order valence-corrected chi connectivity index (χ4v) is 3.27. The molecule has 1 fully saturated rings. The van der Waals surface area contributed by atoms with Gasteiger partial charge in [0.2, 0.25) is 0 Å². The number of nitrogens with two attached hydrogens (primary N) is 1. The number of hydrogen-bond donors (Lipinski definition) is 1. The van der Waals surface area contributed by atoms with Crippen LogP contribution in [-0.4, -0.2) is 49.0 Å². The maximum absolute atomic E-state index is 12.6. The van der Waals surface area contributed by atoms with Crippen LogP contribution < -0.4 is 10.5 Å². The third-order valence-electron chi connectivity index (χ3n) is 4.43. The molecular formula is C19H22ClN3O2. The third-order valence-corrected chi connectivity index (χ3v) is 4.66. The van der Waals surface area contributed by atoms with E-state index in [1.54, 1.807) is 19.2 Å². The summed E-state index contributed by atoms with van der Waals surface area (Å²) >= 11 is 6.10. The number of halogens is 1. The number of benzene rings is 2. The Kier molecular flexibility index (Phi) is 5.46. The van der Waals surface area contributed by atoms with Crippen LogP contribution in [0.1, 0.15) is 15.9 Å². The average Bonchev–Trinajstić information content (AvgIpc) is 2.62. The van der Waals surface area contributed by atoms with Crippen LogP contribution in [0, 0.1) is 0 Å². The molecule has 1 saturated heterocycles. The molecule has 1 amide bonds. The first kappa shape index (κ1) is 17.6. The molecule has 1 aliphatic heterocycles. The SMILES string of the molecule is COc1ccc(Cl)cc1CN1CCN(C(=O)c2cccc(N)c2)CC1. The molecule has 2 aromatic carbocycles. The van der Waals surface area contributed by atoms with Gasteiger partial charge in [0.05, 0.1) is 7.11 Å². The van der Waals surface area contributed by atoms with Crippen LogP contribution in [-0.2, 0) is 6.54 Å². The van der Waals surface area contributed by atoms with Crippen LogP contribution in [0.4, 0.5) is 5.69 Å². The van der Waals surface area contributed by atoms with Crippen molar-refractivity contribution in [1.29, 1.82) is 0 Å². The number of nitrogen functional groups attached to an aromatic ring is 1. The summed E-state index contributed by atoms with van der Waals surface area (Å²) in [6.07, 6.45) is 0. The van der Waals surface area contributed by atoms with E-state index in [1.165, 1.54) is 0 Å². The van der Waals surface area contributed by atoms with Crippen LogP contribution in [0.2, 0.25) is 5.02 Å². The van der Waals surface area contributed by atoms with E-state index in [-0.39, 0.29) is 5.91 Å². The zero-order chi connectivity index (χ0) is 17.8. The highest BCUT2D eigenvalue weighted by Gasteiger charge is 2.23. The third kappa shape index (κ3) is 4.24. The average molecular weight is 360 g/mol. The molecule has 0 atom stereocenters. The number of carbonyl (C=O) groups excluding carboxylic acids is 1. The molecule has 0 aliphatic carbocycles. The van der Waals surface area contributed by atoms with Crippen molar-refractivity contribution < 1.29 is 9.53 Å². The lowest BCUT2D eigenvalue weighted by Crippen LogP contribution is -2.48. The summed E-state index contributed by atoms with van der Waals surface area (Å²) in [7, 11) is 1.66. The van der Waals surface area contributed by atoms with Crippen molar-refractivity contribution in [2.45, 2.75) is 6.54 Å². The van der Waals surface area contributed by atoms with Crippen molar-refractivity contribution in [3.63, 3.8) is 0 Å². The van der Waals surface area contributed by atoms with Crippen molar-refractivity contribution in [2.24, 2.45) is 0 Å². The van der Waals surface area contributed by atoms with Gasteiger partial charge in [-0.3, -0.25) is 9.69 Å². The van der Waals surface area contributed by atoms with Crippen molar-refractivity contribution >= 4 is 23.2 Å². The fraction of sp³-hybridized carbons (Fsp3) is 0.316. The smallest absolute Gasteiger partial charge is 0.254 e. The molecular weight excluding hydrogens is 338 g/mol. The van der Waals surface area contributed by atoms with Crippen LogP contribution in [0.15, 0.2) is 42.5 Å². The first-order valence-corrected chi connectivity index (χ1v) is 8.64. The van der Waals surface area contributed by atoms with Gasteiger partial charge < -0.3 is 15.4 Å². The van der Waals surface area contributed by atoms with E-state index >= 15 is 0 Å². The Morgan fingerprint density at radius 1 is 1.16 bits per heavy atom. The van der Waals surface area contributed by atoms with E-state index in [9.17, 15) is 4.79 Å². The maximum Gasteiger partial charge on any atom is 0.254 e. The molecule has 1 aliphatic rings. The predicted octanol–water partition coefficient (Wildman–Crippen LogP) is 2.89. The highest BCUT2D eigenvalue weighted by molar-refractivity contribution is 6.30. The minimum atomic E-state index is 0.0345. The van der Waals surface area contributed by atoms with Crippen LogP contribution in [0.3, 0.4) is 0 Å². The van der Waals surface area contributed by atoms with Gasteiger partial charge in [-0.25, -0.2) is 0 Å². The number of carbonyl (C=O) groups is 1. The summed E-state index contributed by atoms with van der Waals surface area (Å²) in [4.78, 5) is 16.8. The minimum Gasteiger partial charge on any atom is -0.496 e. The minimum absolute atomic E-state index is 0.0345. The lowest BCUT2D eigenvalue weighted by Gasteiger charge is -2.35. The van der Waals surface area contributed by atoms with Gasteiger partial charge in [-0.05, 0) is 36.4 Å². The second-order valence-electron chi connectivity index (χ2n) is 6.15. The second-order valence-corrected chi connectivity index (χ2v) is 6.59. The van der Waals surface area contributed by atoms with E-state index in [0.29, 0.717) is 29.4 Å². The Labute approximate surface area is 152 Å². The van der Waals surface area contributed by atoms with Gasteiger partial charge >= 0.3 is 0 Å². The molecule has 0 saturated carbocycles. The first-order chi connectivity index (χ1) is 12.1. The molecule has 3 rings (SSSR count). The number of hydrogen-bond acceptors (Lipinski definition) is 4. The van der Waals surface area contributed by atoms with Gasteiger partial charge in [0.15, 0.2) is 0 Å². The summed E-state index contributed by atoms with van der Waals surface area (Å²) in [5.41, 5.74) is 8.08. The van der Waals surface area contributed by atoms with E-state index in [0.717, 1.165) is 30.9 Å². The van der Waals surface area contributed by atoms with Crippen LogP contribution >= 0.6 is 11.6 Å². The van der Waals surface area contributed by atoms with Gasteiger partial charge in [-0.15, -0.1) is 0 Å². The summed E-state index contributed by atoms with van der Waals surface area (Å²) in [5.74, 6) is 0.870. The second kappa shape index (κ2) is 7.76. The predicted molar refractivity (Wildman–Crippen MR) is 100 cm³/mol. The highest BCUT2D eigenvalue weighted by atomic mass is 35.5. The van der Waals surface area contributed by atoms with Gasteiger partial charge in [-0.1, -0.05) is 17.7 Å². The van der Waals surface area contributed by atoms with E-state index < -0.39 is 0 Å². The maximum atomic E-state index is 12.6. The van der Waals surface area contributed by atoms with Crippen LogP contribution in [0.5, 0.6) is 5.75 Å². The highest BCUT2D eigenvalue weighted by Crippen LogP contribution is 2.24. The summed E-state index contributed by atoms with van der Waals surface area (Å²) in [5, 5.41) is 0.700. The number of ether oxygens (including phenoxy) is 1. The first-order valence-electron chi connectivity index (χ1n) is 8.26. The zero-order valence-corrected chi connectivity index (χ0v) is 15.0. The molecule has 5 nitrogen and oxygen atoms in total.